The topological polar surface area (TPSA) is 32.8 Å². The van der Waals surface area contributed by atoms with Crippen molar-refractivity contribution in [1.29, 1.82) is 0 Å². The highest BCUT2D eigenvalue weighted by atomic mass is 16.5. The number of methoxy groups -OCH3 is 1. The predicted molar refractivity (Wildman–Crippen MR) is 66.8 cm³/mol. The maximum absolute atomic E-state index is 12.2. The Morgan fingerprint density at radius 1 is 1.24 bits per heavy atom. The lowest BCUT2D eigenvalue weighted by molar-refractivity contribution is -0.149. The van der Waals surface area contributed by atoms with Gasteiger partial charge in [0.05, 0.1) is 6.10 Å². The first-order chi connectivity index (χ1) is 8.11. The van der Waals surface area contributed by atoms with E-state index in [2.05, 4.69) is 18.7 Å². The highest BCUT2D eigenvalue weighted by Crippen LogP contribution is 2.23. The molecular weight excluding hydrogens is 216 g/mol. The number of amides is 1. The summed E-state index contributed by atoms with van der Waals surface area (Å²) in [4.78, 5) is 16.6. The highest BCUT2D eigenvalue weighted by molar-refractivity contribution is 5.79. The molecule has 98 valence electrons. The Labute approximate surface area is 104 Å². The predicted octanol–water partition coefficient (Wildman–Crippen LogP) is 0.964. The maximum Gasteiger partial charge on any atom is 0.225 e. The molecule has 0 aliphatic carbocycles. The van der Waals surface area contributed by atoms with Crippen LogP contribution in [0.4, 0.5) is 0 Å². The monoisotopic (exact) mass is 240 g/mol. The first-order valence-electron chi connectivity index (χ1n) is 6.67. The molecule has 0 bridgehead atoms. The molecule has 17 heavy (non-hydrogen) atoms. The van der Waals surface area contributed by atoms with Crippen molar-refractivity contribution in [3.8, 4) is 0 Å². The van der Waals surface area contributed by atoms with Gasteiger partial charge in [0.15, 0.2) is 0 Å². The Kier molecular flexibility index (Phi) is 4.05. The molecule has 2 saturated heterocycles. The molecule has 2 aliphatic rings. The van der Waals surface area contributed by atoms with Gasteiger partial charge in [0.25, 0.3) is 0 Å². The molecule has 4 heteroatoms. The van der Waals surface area contributed by atoms with E-state index in [4.69, 9.17) is 4.74 Å². The van der Waals surface area contributed by atoms with Crippen molar-refractivity contribution in [3.05, 3.63) is 0 Å². The van der Waals surface area contributed by atoms with Crippen molar-refractivity contribution in [3.63, 3.8) is 0 Å². The number of ether oxygens (including phenoxy) is 1. The number of carbonyl (C=O) groups is 1. The number of rotatable bonds is 3. The van der Waals surface area contributed by atoms with Crippen LogP contribution < -0.4 is 0 Å². The van der Waals surface area contributed by atoms with Crippen LogP contribution in [-0.4, -0.2) is 61.1 Å². The Balaban J connectivity index is 1.75. The van der Waals surface area contributed by atoms with Crippen molar-refractivity contribution < 1.29 is 9.53 Å². The molecule has 2 rings (SSSR count). The van der Waals surface area contributed by atoms with Crippen LogP contribution in [0.15, 0.2) is 0 Å². The summed E-state index contributed by atoms with van der Waals surface area (Å²) in [5.41, 5.74) is 0. The summed E-state index contributed by atoms with van der Waals surface area (Å²) < 4.78 is 5.20. The number of likely N-dealkylation sites (tertiary alicyclic amines) is 2. The quantitative estimate of drug-likeness (QED) is 0.737. The molecule has 4 nitrogen and oxygen atoms in total. The molecular formula is C13H24N2O2. The van der Waals surface area contributed by atoms with Gasteiger partial charge >= 0.3 is 0 Å². The first kappa shape index (κ1) is 12.8. The summed E-state index contributed by atoms with van der Waals surface area (Å²) in [6, 6.07) is 0.605. The molecule has 0 unspecified atom stereocenters. The Bertz CT molecular complexity index is 267. The molecule has 0 aromatic heterocycles. The summed E-state index contributed by atoms with van der Waals surface area (Å²) in [5.74, 6) is 0.601. The van der Waals surface area contributed by atoms with Crippen molar-refractivity contribution >= 4 is 5.91 Å². The zero-order chi connectivity index (χ0) is 12.4. The van der Waals surface area contributed by atoms with E-state index < -0.39 is 0 Å². The zero-order valence-corrected chi connectivity index (χ0v) is 11.2. The summed E-state index contributed by atoms with van der Waals surface area (Å²) in [6.07, 6.45) is 2.31. The third-order valence-electron chi connectivity index (χ3n) is 4.10. The van der Waals surface area contributed by atoms with E-state index in [1.54, 1.807) is 7.11 Å². The van der Waals surface area contributed by atoms with Crippen LogP contribution in [0.5, 0.6) is 0 Å². The average Bonchev–Trinajstić information content (AvgIpc) is 2.27. The van der Waals surface area contributed by atoms with Gasteiger partial charge in [-0.3, -0.25) is 4.79 Å². The van der Waals surface area contributed by atoms with Crippen LogP contribution in [0, 0.1) is 5.92 Å². The van der Waals surface area contributed by atoms with E-state index in [-0.39, 0.29) is 12.0 Å². The summed E-state index contributed by atoms with van der Waals surface area (Å²) >= 11 is 0. The molecule has 2 fully saturated rings. The van der Waals surface area contributed by atoms with Crippen LogP contribution in [0.3, 0.4) is 0 Å². The SMILES string of the molecule is COC1CN(C(=O)C2CCN(C(C)C)CC2)C1. The number of carbonyl (C=O) groups excluding carboxylic acids is 1. The molecule has 0 aromatic rings. The van der Waals surface area contributed by atoms with Crippen LogP contribution in [0.25, 0.3) is 0 Å². The highest BCUT2D eigenvalue weighted by Gasteiger charge is 2.35. The minimum atomic E-state index is 0.253. The second-order valence-electron chi connectivity index (χ2n) is 5.50. The minimum Gasteiger partial charge on any atom is -0.378 e. The van der Waals surface area contributed by atoms with Gasteiger partial charge in [-0.15, -0.1) is 0 Å². The van der Waals surface area contributed by atoms with Crippen molar-refractivity contribution in [2.75, 3.05) is 33.3 Å². The van der Waals surface area contributed by atoms with Crippen LogP contribution in [0.2, 0.25) is 0 Å². The van der Waals surface area contributed by atoms with Gasteiger partial charge in [-0.25, -0.2) is 0 Å². The van der Waals surface area contributed by atoms with Gasteiger partial charge in [-0.2, -0.15) is 0 Å². The van der Waals surface area contributed by atoms with E-state index in [9.17, 15) is 4.79 Å². The number of hydrogen-bond acceptors (Lipinski definition) is 3. The molecule has 1 amide bonds. The molecule has 0 atom stereocenters. The lowest BCUT2D eigenvalue weighted by Gasteiger charge is -2.42. The molecule has 0 N–H and O–H groups in total. The minimum absolute atomic E-state index is 0.253. The number of piperidine rings is 1. The second kappa shape index (κ2) is 5.36. The van der Waals surface area contributed by atoms with Gasteiger partial charge < -0.3 is 14.5 Å². The van der Waals surface area contributed by atoms with Gasteiger partial charge in [0.1, 0.15) is 0 Å². The lowest BCUT2D eigenvalue weighted by Crippen LogP contribution is -2.57. The van der Waals surface area contributed by atoms with Gasteiger partial charge in [0, 0.05) is 32.2 Å². The van der Waals surface area contributed by atoms with Gasteiger partial charge in [0.2, 0.25) is 5.91 Å². The summed E-state index contributed by atoms with van der Waals surface area (Å²) in [5, 5.41) is 0. The van der Waals surface area contributed by atoms with E-state index in [1.165, 1.54) is 0 Å². The van der Waals surface area contributed by atoms with Gasteiger partial charge in [-0.1, -0.05) is 0 Å². The Morgan fingerprint density at radius 3 is 2.29 bits per heavy atom. The first-order valence-corrected chi connectivity index (χ1v) is 6.67. The van der Waals surface area contributed by atoms with Crippen LogP contribution >= 0.6 is 0 Å². The second-order valence-corrected chi connectivity index (χ2v) is 5.50. The molecule has 0 saturated carbocycles. The zero-order valence-electron chi connectivity index (χ0n) is 11.2. The van der Waals surface area contributed by atoms with E-state index in [0.29, 0.717) is 11.9 Å². The third-order valence-corrected chi connectivity index (χ3v) is 4.10. The van der Waals surface area contributed by atoms with Gasteiger partial charge in [-0.05, 0) is 39.8 Å². The molecule has 0 spiro atoms. The largest absolute Gasteiger partial charge is 0.378 e. The number of hydrogen-bond donors (Lipinski definition) is 0. The molecule has 0 aromatic carbocycles. The summed E-state index contributed by atoms with van der Waals surface area (Å²) in [7, 11) is 1.72. The Hall–Kier alpha value is -0.610. The van der Waals surface area contributed by atoms with Crippen molar-refractivity contribution in [2.45, 2.75) is 38.8 Å². The smallest absolute Gasteiger partial charge is 0.225 e. The van der Waals surface area contributed by atoms with Crippen molar-refractivity contribution in [1.82, 2.24) is 9.80 Å². The lowest BCUT2D eigenvalue weighted by atomic mass is 9.93. The Morgan fingerprint density at radius 2 is 1.82 bits per heavy atom. The molecule has 2 heterocycles. The maximum atomic E-state index is 12.2. The standard InChI is InChI=1S/C13H24N2O2/c1-10(2)14-6-4-11(5-7-14)13(16)15-8-12(9-15)17-3/h10-12H,4-9H2,1-3H3. The fourth-order valence-corrected chi connectivity index (χ4v) is 2.69. The van der Waals surface area contributed by atoms with Crippen LogP contribution in [0.1, 0.15) is 26.7 Å². The van der Waals surface area contributed by atoms with Crippen molar-refractivity contribution in [2.24, 2.45) is 5.92 Å². The third kappa shape index (κ3) is 2.80. The van der Waals surface area contributed by atoms with E-state index in [0.717, 1.165) is 39.0 Å². The molecule has 2 aliphatic heterocycles. The van der Waals surface area contributed by atoms with Crippen LogP contribution in [-0.2, 0) is 9.53 Å². The normalized spacial score (nSPS) is 24.1. The molecule has 0 radical (unpaired) electrons. The fraction of sp³-hybridized carbons (Fsp3) is 0.923. The van der Waals surface area contributed by atoms with E-state index in [1.807, 2.05) is 4.90 Å². The summed E-state index contributed by atoms with van der Waals surface area (Å²) in [6.45, 7) is 8.16. The van der Waals surface area contributed by atoms with E-state index >= 15 is 0 Å². The number of nitrogens with zero attached hydrogens (tertiary/aromatic N) is 2. The fourth-order valence-electron chi connectivity index (χ4n) is 2.69. The average molecular weight is 240 g/mol.